The van der Waals surface area contributed by atoms with Crippen LogP contribution in [0.4, 0.5) is 0 Å². The molecule has 1 heterocycles. The minimum Gasteiger partial charge on any atom is -0.475 e. The Balaban J connectivity index is 2.55. The number of aliphatic hydroxyl groups is 1. The molecule has 0 saturated carbocycles. The van der Waals surface area contributed by atoms with Crippen molar-refractivity contribution in [1.82, 2.24) is 9.97 Å². The maximum Gasteiger partial charge on any atom is 0.224 e. The normalized spacial score (nSPS) is 10.8. The summed E-state index contributed by atoms with van der Waals surface area (Å²) in [7, 11) is 0. The first-order chi connectivity index (χ1) is 8.24. The fraction of sp³-hybridized carbons (Fsp3) is 0.333. The fourth-order valence-electron chi connectivity index (χ4n) is 1.53. The first-order valence-corrected chi connectivity index (χ1v) is 6.23. The average Bonchev–Trinajstić information content (AvgIpc) is 2.35. The van der Waals surface area contributed by atoms with Crippen molar-refractivity contribution in [3.8, 4) is 5.88 Å². The fourth-order valence-corrected chi connectivity index (χ4v) is 1.89. The molecule has 5 heteroatoms. The van der Waals surface area contributed by atoms with E-state index in [-0.39, 0.29) is 13.2 Å². The van der Waals surface area contributed by atoms with Gasteiger partial charge < -0.3 is 9.84 Å². The van der Waals surface area contributed by atoms with E-state index in [0.717, 1.165) is 27.6 Å². The summed E-state index contributed by atoms with van der Waals surface area (Å²) >= 11 is 3.41. The maximum absolute atomic E-state index is 8.80. The zero-order valence-corrected chi connectivity index (χ0v) is 11.1. The van der Waals surface area contributed by atoms with Gasteiger partial charge in [0.1, 0.15) is 12.4 Å². The van der Waals surface area contributed by atoms with Gasteiger partial charge in [0.05, 0.1) is 17.5 Å². The summed E-state index contributed by atoms with van der Waals surface area (Å²) in [5.41, 5.74) is 0.855. The molecule has 17 heavy (non-hydrogen) atoms. The lowest BCUT2D eigenvalue weighted by molar-refractivity contribution is 0.198. The van der Waals surface area contributed by atoms with Crippen LogP contribution in [0.1, 0.15) is 12.7 Å². The molecule has 0 fully saturated rings. The molecule has 0 bridgehead atoms. The van der Waals surface area contributed by atoms with E-state index in [1.807, 2.05) is 25.1 Å². The van der Waals surface area contributed by atoms with Crippen LogP contribution >= 0.6 is 15.9 Å². The number of halogens is 1. The predicted molar refractivity (Wildman–Crippen MR) is 69.2 cm³/mol. The molecular weight excluding hydrogens is 284 g/mol. The summed E-state index contributed by atoms with van der Waals surface area (Å²) in [5.74, 6) is 1.27. The van der Waals surface area contributed by atoms with E-state index in [9.17, 15) is 0 Å². The molecule has 0 aliphatic heterocycles. The van der Waals surface area contributed by atoms with E-state index in [1.165, 1.54) is 0 Å². The van der Waals surface area contributed by atoms with Crippen LogP contribution in [0.5, 0.6) is 5.88 Å². The van der Waals surface area contributed by atoms with Crippen molar-refractivity contribution in [2.75, 3.05) is 13.2 Å². The molecule has 0 aliphatic carbocycles. The number of hydrogen-bond acceptors (Lipinski definition) is 4. The first-order valence-electron chi connectivity index (χ1n) is 5.44. The Morgan fingerprint density at radius 1 is 1.35 bits per heavy atom. The van der Waals surface area contributed by atoms with Gasteiger partial charge in [-0.05, 0) is 18.2 Å². The van der Waals surface area contributed by atoms with Gasteiger partial charge >= 0.3 is 0 Å². The Morgan fingerprint density at radius 2 is 2.18 bits per heavy atom. The number of rotatable bonds is 4. The van der Waals surface area contributed by atoms with Crippen molar-refractivity contribution >= 4 is 26.8 Å². The SMILES string of the molecule is CCc1nc(OCCO)c2cc(Br)ccc2n1. The average molecular weight is 297 g/mol. The Bertz CT molecular complexity index is 531. The second kappa shape index (κ2) is 5.42. The van der Waals surface area contributed by atoms with Crippen LogP contribution < -0.4 is 4.74 Å². The second-order valence-corrected chi connectivity index (χ2v) is 4.45. The molecule has 0 spiro atoms. The molecule has 0 atom stereocenters. The second-order valence-electron chi connectivity index (χ2n) is 3.53. The van der Waals surface area contributed by atoms with Crippen molar-refractivity contribution in [3.05, 3.63) is 28.5 Å². The molecule has 0 unspecified atom stereocenters. The molecule has 0 radical (unpaired) electrons. The van der Waals surface area contributed by atoms with Gasteiger partial charge in [0.25, 0.3) is 0 Å². The number of aryl methyl sites for hydroxylation is 1. The van der Waals surface area contributed by atoms with Crippen LogP contribution in [0.3, 0.4) is 0 Å². The summed E-state index contributed by atoms with van der Waals surface area (Å²) in [5, 5.41) is 9.65. The lowest BCUT2D eigenvalue weighted by Gasteiger charge is -2.08. The zero-order chi connectivity index (χ0) is 12.3. The van der Waals surface area contributed by atoms with Crippen LogP contribution in [0, 0.1) is 0 Å². The summed E-state index contributed by atoms with van der Waals surface area (Å²) in [6.45, 7) is 2.21. The number of aromatic nitrogens is 2. The monoisotopic (exact) mass is 296 g/mol. The van der Waals surface area contributed by atoms with Gasteiger partial charge in [0, 0.05) is 10.9 Å². The van der Waals surface area contributed by atoms with Gasteiger partial charge in [-0.2, -0.15) is 4.98 Å². The summed E-state index contributed by atoms with van der Waals surface area (Å²) < 4.78 is 6.39. The van der Waals surface area contributed by atoms with E-state index in [0.29, 0.717) is 5.88 Å². The molecule has 4 nitrogen and oxygen atoms in total. The van der Waals surface area contributed by atoms with Crippen LogP contribution in [0.2, 0.25) is 0 Å². The van der Waals surface area contributed by atoms with Gasteiger partial charge in [0.2, 0.25) is 5.88 Å². The van der Waals surface area contributed by atoms with Crippen molar-refractivity contribution < 1.29 is 9.84 Å². The predicted octanol–water partition coefficient (Wildman–Crippen LogP) is 2.33. The van der Waals surface area contributed by atoms with Gasteiger partial charge in [-0.1, -0.05) is 22.9 Å². The summed E-state index contributed by atoms with van der Waals surface area (Å²) in [6.07, 6.45) is 0.751. The van der Waals surface area contributed by atoms with Gasteiger partial charge in [-0.25, -0.2) is 4.98 Å². The third-order valence-corrected chi connectivity index (χ3v) is 2.81. The number of aliphatic hydroxyl groups excluding tert-OH is 1. The van der Waals surface area contributed by atoms with Gasteiger partial charge in [0.15, 0.2) is 0 Å². The Kier molecular flexibility index (Phi) is 3.91. The number of nitrogens with zero attached hydrogens (tertiary/aromatic N) is 2. The highest BCUT2D eigenvalue weighted by molar-refractivity contribution is 9.10. The molecular formula is C12H13BrN2O2. The third-order valence-electron chi connectivity index (χ3n) is 2.32. The molecule has 1 aromatic heterocycles. The minimum atomic E-state index is -0.0268. The Hall–Kier alpha value is -1.20. The lowest BCUT2D eigenvalue weighted by atomic mass is 10.2. The van der Waals surface area contributed by atoms with E-state index in [2.05, 4.69) is 25.9 Å². The van der Waals surface area contributed by atoms with Crippen LogP contribution in [-0.2, 0) is 6.42 Å². The highest BCUT2D eigenvalue weighted by Gasteiger charge is 2.08. The number of fused-ring (bicyclic) bond motifs is 1. The summed E-state index contributed by atoms with van der Waals surface area (Å²) in [4.78, 5) is 8.76. The van der Waals surface area contributed by atoms with Crippen LogP contribution in [0.15, 0.2) is 22.7 Å². The lowest BCUT2D eigenvalue weighted by Crippen LogP contribution is -2.06. The quantitative estimate of drug-likeness (QED) is 0.941. The Labute approximate surface area is 108 Å². The highest BCUT2D eigenvalue weighted by Crippen LogP contribution is 2.26. The number of ether oxygens (including phenoxy) is 1. The minimum absolute atomic E-state index is 0.0268. The third kappa shape index (κ3) is 2.73. The van der Waals surface area contributed by atoms with Gasteiger partial charge in [-0.3, -0.25) is 0 Å². The molecule has 90 valence electrons. The maximum atomic E-state index is 8.80. The zero-order valence-electron chi connectivity index (χ0n) is 9.48. The van der Waals surface area contributed by atoms with E-state index in [4.69, 9.17) is 9.84 Å². The smallest absolute Gasteiger partial charge is 0.224 e. The van der Waals surface area contributed by atoms with Crippen molar-refractivity contribution in [2.45, 2.75) is 13.3 Å². The van der Waals surface area contributed by atoms with E-state index >= 15 is 0 Å². The van der Waals surface area contributed by atoms with Crippen molar-refractivity contribution in [1.29, 1.82) is 0 Å². The summed E-state index contributed by atoms with van der Waals surface area (Å²) in [6, 6.07) is 5.78. The van der Waals surface area contributed by atoms with Crippen LogP contribution in [0.25, 0.3) is 10.9 Å². The molecule has 1 aromatic carbocycles. The molecule has 2 aromatic rings. The largest absolute Gasteiger partial charge is 0.475 e. The Morgan fingerprint density at radius 3 is 2.88 bits per heavy atom. The van der Waals surface area contributed by atoms with Crippen LogP contribution in [-0.4, -0.2) is 28.3 Å². The molecule has 2 rings (SSSR count). The number of benzene rings is 1. The van der Waals surface area contributed by atoms with E-state index < -0.39 is 0 Å². The van der Waals surface area contributed by atoms with Crippen molar-refractivity contribution in [2.24, 2.45) is 0 Å². The highest BCUT2D eigenvalue weighted by atomic mass is 79.9. The molecule has 0 amide bonds. The van der Waals surface area contributed by atoms with Gasteiger partial charge in [-0.15, -0.1) is 0 Å². The first kappa shape index (κ1) is 12.3. The topological polar surface area (TPSA) is 55.2 Å². The standard InChI is InChI=1S/C12H13BrN2O2/c1-2-11-14-10-4-3-8(13)7-9(10)12(15-11)17-6-5-16/h3-4,7,16H,2,5-6H2,1H3. The van der Waals surface area contributed by atoms with E-state index in [1.54, 1.807) is 0 Å². The number of hydrogen-bond donors (Lipinski definition) is 1. The molecule has 0 saturated heterocycles. The molecule has 0 aliphatic rings. The van der Waals surface area contributed by atoms with Crippen molar-refractivity contribution in [3.63, 3.8) is 0 Å². The molecule has 1 N–H and O–H groups in total.